The lowest BCUT2D eigenvalue weighted by Crippen LogP contribution is -2.16. The first-order valence-electron chi connectivity index (χ1n) is 7.98. The molecule has 0 saturated heterocycles. The average molecular weight is 364 g/mol. The van der Waals surface area contributed by atoms with Crippen molar-refractivity contribution in [2.45, 2.75) is 6.42 Å². The lowest BCUT2D eigenvalue weighted by molar-refractivity contribution is 0.102. The molecule has 3 heterocycles. The third-order valence-corrected chi connectivity index (χ3v) is 4.09. The Morgan fingerprint density at radius 3 is 2.81 bits per heavy atom. The highest BCUT2D eigenvalue weighted by Gasteiger charge is 2.10. The van der Waals surface area contributed by atoms with E-state index in [1.165, 1.54) is 0 Å². The second kappa shape index (κ2) is 6.93. The van der Waals surface area contributed by atoms with Gasteiger partial charge in [0.2, 0.25) is 0 Å². The third-order valence-electron chi connectivity index (χ3n) is 3.85. The summed E-state index contributed by atoms with van der Waals surface area (Å²) in [6.45, 7) is 0. The van der Waals surface area contributed by atoms with Gasteiger partial charge in [-0.3, -0.25) is 4.79 Å². The van der Waals surface area contributed by atoms with Crippen LogP contribution in [-0.2, 0) is 6.42 Å². The zero-order valence-electron chi connectivity index (χ0n) is 13.6. The summed E-state index contributed by atoms with van der Waals surface area (Å²) in [6.07, 6.45) is 5.78. The Balaban J connectivity index is 1.45. The van der Waals surface area contributed by atoms with Crippen LogP contribution in [0.15, 0.2) is 67.1 Å². The molecule has 0 fully saturated rings. The Labute approximate surface area is 154 Å². The number of halogens is 1. The summed E-state index contributed by atoms with van der Waals surface area (Å²) in [5.41, 5.74) is 3.11. The van der Waals surface area contributed by atoms with Crippen LogP contribution in [0.25, 0.3) is 5.65 Å². The van der Waals surface area contributed by atoms with Crippen molar-refractivity contribution >= 4 is 29.0 Å². The lowest BCUT2D eigenvalue weighted by Gasteiger charge is -2.06. The minimum absolute atomic E-state index is 0.292. The Hall–Kier alpha value is -3.25. The average Bonchev–Trinajstić information content (AvgIpc) is 3.11. The van der Waals surface area contributed by atoms with Crippen LogP contribution in [-0.4, -0.2) is 25.5 Å². The van der Waals surface area contributed by atoms with Crippen LogP contribution in [0.1, 0.15) is 21.6 Å². The fourth-order valence-electron chi connectivity index (χ4n) is 2.60. The van der Waals surface area contributed by atoms with Crippen molar-refractivity contribution in [2.75, 3.05) is 5.32 Å². The fraction of sp³-hybridized carbons (Fsp3) is 0.0526. The standard InChI is InChI=1S/C19H14ClN5O/c20-15-3-1-2-13(11-15)10-14-4-6-17(22-12-14)23-19(26)16-5-7-18-21-8-9-25(18)24-16/h1-9,11-12H,10H2,(H,22,23,26). The number of nitrogens with one attached hydrogen (secondary N) is 1. The largest absolute Gasteiger partial charge is 0.305 e. The molecule has 4 aromatic rings. The van der Waals surface area contributed by atoms with Gasteiger partial charge in [-0.05, 0) is 47.9 Å². The SMILES string of the molecule is O=C(Nc1ccc(Cc2cccc(Cl)c2)cn1)c1ccc2nccn2n1. The van der Waals surface area contributed by atoms with Gasteiger partial charge in [-0.2, -0.15) is 5.10 Å². The molecular weight excluding hydrogens is 350 g/mol. The van der Waals surface area contributed by atoms with Crippen LogP contribution in [0.3, 0.4) is 0 Å². The molecule has 1 N–H and O–H groups in total. The highest BCUT2D eigenvalue weighted by Crippen LogP contribution is 2.15. The normalized spacial score (nSPS) is 10.8. The molecule has 1 aromatic carbocycles. The molecule has 0 aliphatic carbocycles. The molecule has 6 nitrogen and oxygen atoms in total. The van der Waals surface area contributed by atoms with Crippen LogP contribution in [0.2, 0.25) is 5.02 Å². The van der Waals surface area contributed by atoms with Crippen LogP contribution in [0.5, 0.6) is 0 Å². The number of amides is 1. The molecule has 7 heteroatoms. The van der Waals surface area contributed by atoms with E-state index in [1.54, 1.807) is 41.3 Å². The molecule has 0 radical (unpaired) electrons. The summed E-state index contributed by atoms with van der Waals surface area (Å²) >= 11 is 6.01. The van der Waals surface area contributed by atoms with E-state index in [0.29, 0.717) is 22.2 Å². The number of hydrogen-bond donors (Lipinski definition) is 1. The smallest absolute Gasteiger partial charge is 0.277 e. The van der Waals surface area contributed by atoms with Gasteiger partial charge in [0, 0.05) is 23.6 Å². The van der Waals surface area contributed by atoms with E-state index in [2.05, 4.69) is 20.4 Å². The molecule has 3 aromatic heterocycles. The first-order valence-corrected chi connectivity index (χ1v) is 8.36. The second-order valence-corrected chi connectivity index (χ2v) is 6.20. The second-order valence-electron chi connectivity index (χ2n) is 5.76. The fourth-order valence-corrected chi connectivity index (χ4v) is 2.82. The summed E-state index contributed by atoms with van der Waals surface area (Å²) in [7, 11) is 0. The molecule has 26 heavy (non-hydrogen) atoms. The maximum absolute atomic E-state index is 12.3. The molecule has 0 aliphatic heterocycles. The van der Waals surface area contributed by atoms with E-state index in [4.69, 9.17) is 11.6 Å². The van der Waals surface area contributed by atoms with Gasteiger partial charge < -0.3 is 5.32 Å². The molecule has 0 unspecified atom stereocenters. The van der Waals surface area contributed by atoms with Crippen molar-refractivity contribution in [2.24, 2.45) is 0 Å². The number of rotatable bonds is 4. The number of pyridine rings is 1. The molecule has 4 rings (SSSR count). The van der Waals surface area contributed by atoms with E-state index in [9.17, 15) is 4.79 Å². The number of hydrogen-bond acceptors (Lipinski definition) is 4. The lowest BCUT2D eigenvalue weighted by atomic mass is 10.1. The molecular formula is C19H14ClN5O. The minimum atomic E-state index is -0.323. The number of fused-ring (bicyclic) bond motifs is 1. The maximum atomic E-state index is 12.3. The molecule has 0 spiro atoms. The van der Waals surface area contributed by atoms with E-state index < -0.39 is 0 Å². The van der Waals surface area contributed by atoms with Gasteiger partial charge in [0.05, 0.1) is 0 Å². The predicted octanol–water partition coefficient (Wildman–Crippen LogP) is 3.62. The van der Waals surface area contributed by atoms with Crippen LogP contribution < -0.4 is 5.32 Å². The van der Waals surface area contributed by atoms with Gasteiger partial charge in [0.1, 0.15) is 11.5 Å². The molecule has 0 bridgehead atoms. The van der Waals surface area contributed by atoms with Crippen molar-refractivity contribution in [3.05, 3.63) is 89.0 Å². The number of carbonyl (C=O) groups is 1. The van der Waals surface area contributed by atoms with E-state index >= 15 is 0 Å². The summed E-state index contributed by atoms with van der Waals surface area (Å²) in [5.74, 6) is 0.146. The monoisotopic (exact) mass is 363 g/mol. The van der Waals surface area contributed by atoms with Crippen molar-refractivity contribution in [3.8, 4) is 0 Å². The Morgan fingerprint density at radius 2 is 2.00 bits per heavy atom. The number of anilines is 1. The van der Waals surface area contributed by atoms with Crippen LogP contribution in [0.4, 0.5) is 5.82 Å². The van der Waals surface area contributed by atoms with E-state index in [1.807, 2.05) is 30.3 Å². The van der Waals surface area contributed by atoms with E-state index in [-0.39, 0.29) is 5.91 Å². The number of imidazole rings is 1. The topological polar surface area (TPSA) is 72.2 Å². The number of carbonyl (C=O) groups excluding carboxylic acids is 1. The number of benzene rings is 1. The third kappa shape index (κ3) is 3.55. The first-order chi connectivity index (χ1) is 12.7. The summed E-state index contributed by atoms with van der Waals surface area (Å²) in [5, 5.41) is 7.67. The number of nitrogens with zero attached hydrogens (tertiary/aromatic N) is 4. The summed E-state index contributed by atoms with van der Waals surface area (Å²) in [4.78, 5) is 20.7. The maximum Gasteiger partial charge on any atom is 0.277 e. The van der Waals surface area contributed by atoms with Crippen molar-refractivity contribution in [3.63, 3.8) is 0 Å². The highest BCUT2D eigenvalue weighted by molar-refractivity contribution is 6.30. The summed E-state index contributed by atoms with van der Waals surface area (Å²) < 4.78 is 1.55. The summed E-state index contributed by atoms with van der Waals surface area (Å²) in [6, 6.07) is 14.8. The minimum Gasteiger partial charge on any atom is -0.305 e. The highest BCUT2D eigenvalue weighted by atomic mass is 35.5. The van der Waals surface area contributed by atoms with Crippen molar-refractivity contribution < 1.29 is 4.79 Å². The van der Waals surface area contributed by atoms with Crippen molar-refractivity contribution in [1.29, 1.82) is 0 Å². The zero-order chi connectivity index (χ0) is 17.9. The van der Waals surface area contributed by atoms with Gasteiger partial charge in [-0.15, -0.1) is 0 Å². The van der Waals surface area contributed by atoms with Crippen LogP contribution in [0, 0.1) is 0 Å². The van der Waals surface area contributed by atoms with Gasteiger partial charge in [0.15, 0.2) is 5.65 Å². The Bertz CT molecular complexity index is 1070. The first kappa shape index (κ1) is 16.2. The zero-order valence-corrected chi connectivity index (χ0v) is 14.4. The van der Waals surface area contributed by atoms with E-state index in [0.717, 1.165) is 17.5 Å². The Kier molecular flexibility index (Phi) is 4.33. The van der Waals surface area contributed by atoms with Gasteiger partial charge in [-0.1, -0.05) is 29.8 Å². The molecule has 0 saturated carbocycles. The van der Waals surface area contributed by atoms with Crippen molar-refractivity contribution in [1.82, 2.24) is 19.6 Å². The molecule has 128 valence electrons. The Morgan fingerprint density at radius 1 is 1.08 bits per heavy atom. The number of aromatic nitrogens is 4. The quantitative estimate of drug-likeness (QED) is 0.601. The van der Waals surface area contributed by atoms with Gasteiger partial charge in [-0.25, -0.2) is 14.5 Å². The molecule has 0 aliphatic rings. The van der Waals surface area contributed by atoms with Gasteiger partial charge >= 0.3 is 0 Å². The predicted molar refractivity (Wildman–Crippen MR) is 99.4 cm³/mol. The molecule has 1 amide bonds. The molecule has 0 atom stereocenters. The van der Waals surface area contributed by atoms with Gasteiger partial charge in [0.25, 0.3) is 5.91 Å². The van der Waals surface area contributed by atoms with Crippen LogP contribution >= 0.6 is 11.6 Å².